The molecule has 1 amide bonds. The zero-order chi connectivity index (χ0) is 27.0. The van der Waals surface area contributed by atoms with Crippen molar-refractivity contribution < 1.29 is 15.0 Å². The van der Waals surface area contributed by atoms with Crippen molar-refractivity contribution in [2.75, 3.05) is 0 Å². The van der Waals surface area contributed by atoms with Gasteiger partial charge in [-0.05, 0) is 34.7 Å². The van der Waals surface area contributed by atoms with E-state index < -0.39 is 5.41 Å². The molecule has 1 atom stereocenters. The van der Waals surface area contributed by atoms with Gasteiger partial charge in [-0.3, -0.25) is 9.69 Å². The number of hydrogen-bond donors (Lipinski definition) is 2. The number of rotatable bonds is 7. The zero-order valence-electron chi connectivity index (χ0n) is 21.7. The SMILES string of the molecule is Cc1ccc(CN2C(=O)CC3(c4ccc(CO)cc4)C2=NC=Nc2c3ncn2Cc2ccc(CO)cc2)cc1. The first-order chi connectivity index (χ1) is 19.0. The Kier molecular flexibility index (Phi) is 6.42. The molecule has 1 unspecified atom stereocenters. The summed E-state index contributed by atoms with van der Waals surface area (Å²) in [5.74, 6) is 1.22. The fraction of sp³-hybridized carbons (Fsp3) is 0.226. The number of imidazole rings is 1. The number of amidine groups is 1. The van der Waals surface area contributed by atoms with E-state index in [2.05, 4.69) is 0 Å². The Morgan fingerprint density at radius 3 is 2.08 bits per heavy atom. The average Bonchev–Trinajstić information content (AvgIpc) is 3.43. The third-order valence-corrected chi connectivity index (χ3v) is 7.58. The lowest BCUT2D eigenvalue weighted by molar-refractivity contribution is -0.126. The van der Waals surface area contributed by atoms with E-state index in [1.165, 1.54) is 6.34 Å². The molecule has 8 nitrogen and oxygen atoms in total. The van der Waals surface area contributed by atoms with Gasteiger partial charge in [0, 0.05) is 6.42 Å². The molecule has 1 fully saturated rings. The van der Waals surface area contributed by atoms with E-state index >= 15 is 0 Å². The number of fused-ring (bicyclic) bond motifs is 3. The second kappa shape index (κ2) is 10.1. The van der Waals surface area contributed by atoms with Crippen LogP contribution >= 0.6 is 0 Å². The van der Waals surface area contributed by atoms with Crippen molar-refractivity contribution in [1.29, 1.82) is 0 Å². The van der Waals surface area contributed by atoms with Crippen molar-refractivity contribution in [3.63, 3.8) is 0 Å². The van der Waals surface area contributed by atoms with Crippen molar-refractivity contribution >= 4 is 23.9 Å². The van der Waals surface area contributed by atoms with E-state index in [1.54, 1.807) is 11.2 Å². The molecule has 0 bridgehead atoms. The summed E-state index contributed by atoms with van der Waals surface area (Å²) in [5, 5.41) is 19.0. The second-order valence-corrected chi connectivity index (χ2v) is 10.1. The molecule has 39 heavy (non-hydrogen) atoms. The number of nitrogens with zero attached hydrogens (tertiary/aromatic N) is 5. The number of aryl methyl sites for hydroxylation is 1. The van der Waals surface area contributed by atoms with E-state index in [9.17, 15) is 15.0 Å². The molecule has 0 spiro atoms. The fourth-order valence-electron chi connectivity index (χ4n) is 5.43. The summed E-state index contributed by atoms with van der Waals surface area (Å²) in [6, 6.07) is 23.6. The molecule has 6 rings (SSSR count). The number of aliphatic hydroxyl groups is 2. The highest BCUT2D eigenvalue weighted by Crippen LogP contribution is 2.47. The Labute approximate surface area is 226 Å². The quantitative estimate of drug-likeness (QED) is 0.385. The van der Waals surface area contributed by atoms with Gasteiger partial charge >= 0.3 is 0 Å². The first-order valence-electron chi connectivity index (χ1n) is 12.9. The van der Waals surface area contributed by atoms with Crippen LogP contribution in [0, 0.1) is 6.92 Å². The minimum atomic E-state index is -0.923. The van der Waals surface area contributed by atoms with E-state index in [0.717, 1.165) is 33.4 Å². The van der Waals surface area contributed by atoms with Crippen LogP contribution in [0.4, 0.5) is 5.82 Å². The Balaban J connectivity index is 1.45. The van der Waals surface area contributed by atoms with Gasteiger partial charge in [-0.25, -0.2) is 15.0 Å². The van der Waals surface area contributed by atoms with Gasteiger partial charge in [-0.1, -0.05) is 78.4 Å². The summed E-state index contributed by atoms with van der Waals surface area (Å²) in [6.45, 7) is 2.90. The van der Waals surface area contributed by atoms with Crippen LogP contribution in [0.15, 0.2) is 89.1 Å². The van der Waals surface area contributed by atoms with Gasteiger partial charge in [0.25, 0.3) is 0 Å². The number of aliphatic hydroxyl groups excluding tert-OH is 2. The maximum absolute atomic E-state index is 13.7. The molecule has 1 saturated heterocycles. The largest absolute Gasteiger partial charge is 0.392 e. The Morgan fingerprint density at radius 1 is 0.821 bits per heavy atom. The molecule has 3 aromatic carbocycles. The van der Waals surface area contributed by atoms with Gasteiger partial charge < -0.3 is 14.8 Å². The summed E-state index contributed by atoms with van der Waals surface area (Å²) >= 11 is 0. The minimum absolute atomic E-state index is 0.00410. The third kappa shape index (κ3) is 4.37. The van der Waals surface area contributed by atoms with Crippen molar-refractivity contribution in [2.45, 2.75) is 45.1 Å². The predicted molar refractivity (Wildman–Crippen MR) is 149 cm³/mol. The minimum Gasteiger partial charge on any atom is -0.392 e. The molecule has 8 heteroatoms. The Morgan fingerprint density at radius 2 is 1.41 bits per heavy atom. The number of aromatic nitrogens is 2. The van der Waals surface area contributed by atoms with Gasteiger partial charge in [0.2, 0.25) is 5.91 Å². The topological polar surface area (TPSA) is 103 Å². The van der Waals surface area contributed by atoms with Gasteiger partial charge in [0.05, 0.1) is 32.6 Å². The van der Waals surface area contributed by atoms with Gasteiger partial charge in [-0.15, -0.1) is 0 Å². The lowest BCUT2D eigenvalue weighted by Gasteiger charge is -2.29. The standard InChI is InChI=1S/C31H29N5O3/c1-21-2-4-23(5-3-21)16-36-27(39)14-31(26-12-10-25(18-38)11-13-26)28-29(32-19-33-30(31)36)35(20-34-28)15-22-6-8-24(17-37)9-7-22/h2-13,19-20,37-38H,14-18H2,1H3. The zero-order valence-corrected chi connectivity index (χ0v) is 21.7. The smallest absolute Gasteiger partial charge is 0.230 e. The summed E-state index contributed by atoms with van der Waals surface area (Å²) in [7, 11) is 0. The third-order valence-electron chi connectivity index (χ3n) is 7.58. The molecular formula is C31H29N5O3. The molecule has 4 aromatic rings. The van der Waals surface area contributed by atoms with Crippen LogP contribution in [0.2, 0.25) is 0 Å². The van der Waals surface area contributed by atoms with E-state index in [-0.39, 0.29) is 25.5 Å². The van der Waals surface area contributed by atoms with Crippen LogP contribution in [0.5, 0.6) is 0 Å². The second-order valence-electron chi connectivity index (χ2n) is 10.1. The molecular weight excluding hydrogens is 490 g/mol. The highest BCUT2D eigenvalue weighted by Gasteiger charge is 2.55. The van der Waals surface area contributed by atoms with Crippen molar-refractivity contribution in [1.82, 2.24) is 14.5 Å². The van der Waals surface area contributed by atoms with E-state index in [4.69, 9.17) is 15.0 Å². The highest BCUT2D eigenvalue weighted by atomic mass is 16.3. The molecule has 0 radical (unpaired) electrons. The fourth-order valence-corrected chi connectivity index (χ4v) is 5.43. The molecule has 2 N–H and O–H groups in total. The number of benzene rings is 3. The van der Waals surface area contributed by atoms with Crippen LogP contribution in [0.25, 0.3) is 0 Å². The van der Waals surface area contributed by atoms with Crippen molar-refractivity contribution in [2.24, 2.45) is 9.98 Å². The van der Waals surface area contributed by atoms with Crippen LogP contribution < -0.4 is 0 Å². The van der Waals surface area contributed by atoms with Crippen LogP contribution in [-0.2, 0) is 36.5 Å². The molecule has 0 aliphatic carbocycles. The number of carbonyl (C=O) groups is 1. The summed E-state index contributed by atoms with van der Waals surface area (Å²) in [6.07, 6.45) is 3.46. The average molecular weight is 520 g/mol. The van der Waals surface area contributed by atoms with Crippen molar-refractivity contribution in [3.8, 4) is 0 Å². The maximum Gasteiger partial charge on any atom is 0.230 e. The van der Waals surface area contributed by atoms with Crippen LogP contribution in [-0.4, -0.2) is 42.7 Å². The normalized spacial score (nSPS) is 18.1. The van der Waals surface area contributed by atoms with Gasteiger partial charge in [0.15, 0.2) is 5.82 Å². The van der Waals surface area contributed by atoms with E-state index in [0.29, 0.717) is 30.4 Å². The number of amides is 1. The Hall–Kier alpha value is -4.40. The molecule has 0 saturated carbocycles. The summed E-state index contributed by atoms with van der Waals surface area (Å²) in [5.41, 5.74) is 5.48. The lowest BCUT2D eigenvalue weighted by Crippen LogP contribution is -2.39. The lowest BCUT2D eigenvalue weighted by atomic mass is 9.75. The van der Waals surface area contributed by atoms with Crippen LogP contribution in [0.1, 0.15) is 45.5 Å². The number of aliphatic imine (C=N–C) groups is 2. The number of carbonyl (C=O) groups excluding carboxylic acids is 1. The molecule has 196 valence electrons. The number of likely N-dealkylation sites (tertiary alicyclic amines) is 1. The predicted octanol–water partition coefficient (Wildman–Crippen LogP) is 4.01. The van der Waals surface area contributed by atoms with Gasteiger partial charge in [-0.2, -0.15) is 0 Å². The van der Waals surface area contributed by atoms with Crippen molar-refractivity contribution in [3.05, 3.63) is 118 Å². The van der Waals surface area contributed by atoms with Crippen LogP contribution in [0.3, 0.4) is 0 Å². The Bertz CT molecular complexity index is 1570. The van der Waals surface area contributed by atoms with E-state index in [1.807, 2.05) is 84.3 Å². The van der Waals surface area contributed by atoms with Gasteiger partial charge in [0.1, 0.15) is 23.3 Å². The summed E-state index contributed by atoms with van der Waals surface area (Å²) < 4.78 is 1.97. The first-order valence-corrected chi connectivity index (χ1v) is 12.9. The number of hydrogen-bond acceptors (Lipinski definition) is 6. The maximum atomic E-state index is 13.7. The molecule has 2 aliphatic heterocycles. The molecule has 2 aliphatic rings. The highest BCUT2D eigenvalue weighted by molar-refractivity contribution is 6.16. The molecule has 3 heterocycles. The summed E-state index contributed by atoms with van der Waals surface area (Å²) in [4.78, 5) is 29.8. The first kappa shape index (κ1) is 24.9. The molecule has 1 aromatic heterocycles. The monoisotopic (exact) mass is 519 g/mol.